The number of hydrogen-bond acceptors (Lipinski definition) is 5. The fourth-order valence-corrected chi connectivity index (χ4v) is 1.92. The summed E-state index contributed by atoms with van der Waals surface area (Å²) < 4.78 is 0. The molecular weight excluding hydrogens is 232 g/mol. The Morgan fingerprint density at radius 3 is 3.00 bits per heavy atom. The van der Waals surface area contributed by atoms with Gasteiger partial charge in [0.2, 0.25) is 11.9 Å². The monoisotopic (exact) mass is 244 g/mol. The third kappa shape index (κ3) is 2.07. The summed E-state index contributed by atoms with van der Waals surface area (Å²) in [6, 6.07) is 1.40. The fourth-order valence-electron chi connectivity index (χ4n) is 1.92. The first-order valence-electron chi connectivity index (χ1n) is 5.65. The molecule has 2 aromatic rings. The zero-order chi connectivity index (χ0) is 12.4. The highest BCUT2D eigenvalue weighted by Gasteiger charge is 2.26. The van der Waals surface area contributed by atoms with Gasteiger partial charge in [-0.05, 0) is 6.07 Å². The first-order valence-corrected chi connectivity index (χ1v) is 5.65. The van der Waals surface area contributed by atoms with E-state index in [1.807, 2.05) is 0 Å². The van der Waals surface area contributed by atoms with E-state index in [4.69, 9.17) is 0 Å². The molecule has 7 heteroatoms. The van der Waals surface area contributed by atoms with Crippen molar-refractivity contribution >= 4 is 11.9 Å². The highest BCUT2D eigenvalue weighted by Crippen LogP contribution is 2.12. The Labute approximate surface area is 103 Å². The van der Waals surface area contributed by atoms with Gasteiger partial charge in [-0.1, -0.05) is 0 Å². The van der Waals surface area contributed by atoms with Gasteiger partial charge in [0.1, 0.15) is 0 Å². The van der Waals surface area contributed by atoms with Gasteiger partial charge in [-0.15, -0.1) is 0 Å². The average molecular weight is 244 g/mol. The second-order valence-electron chi connectivity index (χ2n) is 4.03. The maximum Gasteiger partial charge on any atom is 0.244 e. The molecule has 1 unspecified atom stereocenters. The summed E-state index contributed by atoms with van der Waals surface area (Å²) in [7, 11) is 0. The predicted molar refractivity (Wildman–Crippen MR) is 63.6 cm³/mol. The van der Waals surface area contributed by atoms with Crippen molar-refractivity contribution in [1.29, 1.82) is 0 Å². The van der Waals surface area contributed by atoms with Crippen molar-refractivity contribution in [2.45, 2.75) is 19.0 Å². The molecule has 1 amide bonds. The fraction of sp³-hybridized carbons (Fsp3) is 0.273. The van der Waals surface area contributed by atoms with Gasteiger partial charge in [0.05, 0.1) is 23.8 Å². The maximum atomic E-state index is 12.0. The van der Waals surface area contributed by atoms with E-state index in [1.165, 1.54) is 0 Å². The molecule has 0 saturated carbocycles. The molecule has 0 aliphatic carbocycles. The largest absolute Gasteiger partial charge is 0.347 e. The van der Waals surface area contributed by atoms with Crippen LogP contribution in [0.3, 0.4) is 0 Å². The van der Waals surface area contributed by atoms with E-state index in [0.29, 0.717) is 18.9 Å². The summed E-state index contributed by atoms with van der Waals surface area (Å²) in [5.41, 5.74) is 1.97. The van der Waals surface area contributed by atoms with Gasteiger partial charge < -0.3 is 4.98 Å². The molecule has 0 spiro atoms. The molecule has 0 fully saturated rings. The number of fused-ring (bicyclic) bond motifs is 1. The minimum Gasteiger partial charge on any atom is -0.347 e. The number of imidazole rings is 1. The van der Waals surface area contributed by atoms with Gasteiger partial charge in [-0.2, -0.15) is 0 Å². The molecule has 0 saturated heterocycles. The summed E-state index contributed by atoms with van der Waals surface area (Å²) in [4.78, 5) is 27.1. The average Bonchev–Trinajstić information content (AvgIpc) is 2.87. The molecule has 1 aliphatic heterocycles. The third-order valence-electron chi connectivity index (χ3n) is 2.85. The summed E-state index contributed by atoms with van der Waals surface area (Å²) in [5.74, 6) is 0.173. The van der Waals surface area contributed by atoms with Crippen molar-refractivity contribution in [3.05, 3.63) is 36.2 Å². The van der Waals surface area contributed by atoms with Crippen LogP contribution in [0.15, 0.2) is 24.8 Å². The molecule has 3 N–H and O–H groups in total. The number of anilines is 1. The van der Waals surface area contributed by atoms with Crippen molar-refractivity contribution in [2.24, 2.45) is 0 Å². The molecule has 2 aromatic heterocycles. The number of H-pyrrole nitrogens is 1. The lowest BCUT2D eigenvalue weighted by atomic mass is 10.1. The minimum absolute atomic E-state index is 0.144. The van der Waals surface area contributed by atoms with Crippen molar-refractivity contribution in [3.8, 4) is 0 Å². The van der Waals surface area contributed by atoms with E-state index in [2.05, 4.69) is 30.6 Å². The van der Waals surface area contributed by atoms with Crippen LogP contribution in [0.5, 0.6) is 0 Å². The molecule has 3 heterocycles. The summed E-state index contributed by atoms with van der Waals surface area (Å²) in [6.07, 6.45) is 5.38. The Kier molecular flexibility index (Phi) is 2.73. The number of aromatic amines is 1. The van der Waals surface area contributed by atoms with Gasteiger partial charge in [-0.25, -0.2) is 15.0 Å². The van der Waals surface area contributed by atoms with Crippen LogP contribution < -0.4 is 10.6 Å². The minimum atomic E-state index is -0.301. The highest BCUT2D eigenvalue weighted by atomic mass is 16.2. The van der Waals surface area contributed by atoms with E-state index in [-0.39, 0.29) is 11.9 Å². The quantitative estimate of drug-likeness (QED) is 0.683. The zero-order valence-electron chi connectivity index (χ0n) is 9.55. The smallest absolute Gasteiger partial charge is 0.244 e. The molecule has 1 aliphatic rings. The predicted octanol–water partition coefficient (Wildman–Crippen LogP) is -0.147. The zero-order valence-corrected chi connectivity index (χ0v) is 9.55. The Hall–Kier alpha value is -2.28. The van der Waals surface area contributed by atoms with E-state index in [0.717, 1.165) is 11.4 Å². The van der Waals surface area contributed by atoms with E-state index in [1.54, 1.807) is 24.8 Å². The second kappa shape index (κ2) is 4.53. The SMILES string of the molecule is O=C(Nc1ncccn1)C1Cc2nc[nH]c2CN1. The Morgan fingerprint density at radius 1 is 1.33 bits per heavy atom. The van der Waals surface area contributed by atoms with Crippen LogP contribution in [-0.2, 0) is 17.8 Å². The molecule has 3 rings (SSSR count). The number of carbonyl (C=O) groups excluding carboxylic acids is 1. The topological polar surface area (TPSA) is 95.6 Å². The standard InChI is InChI=1S/C11H12N6O/c18-10(17-11-12-2-1-3-13-11)8-4-7-9(5-14-8)16-6-15-7/h1-3,6,8,14H,4-5H2,(H,15,16)(H,12,13,17,18). The van der Waals surface area contributed by atoms with Gasteiger partial charge in [0.25, 0.3) is 0 Å². The summed E-state index contributed by atoms with van der Waals surface area (Å²) >= 11 is 0. The van der Waals surface area contributed by atoms with Gasteiger partial charge in [-0.3, -0.25) is 15.4 Å². The Balaban J connectivity index is 1.68. The van der Waals surface area contributed by atoms with Crippen LogP contribution in [0.25, 0.3) is 0 Å². The summed E-state index contributed by atoms with van der Waals surface area (Å²) in [5, 5.41) is 5.82. The molecule has 0 aromatic carbocycles. The molecule has 92 valence electrons. The van der Waals surface area contributed by atoms with Crippen LogP contribution >= 0.6 is 0 Å². The van der Waals surface area contributed by atoms with E-state index >= 15 is 0 Å². The number of aromatic nitrogens is 4. The molecular formula is C11H12N6O. The Morgan fingerprint density at radius 2 is 2.17 bits per heavy atom. The number of nitrogens with one attached hydrogen (secondary N) is 3. The van der Waals surface area contributed by atoms with E-state index < -0.39 is 0 Å². The summed E-state index contributed by atoms with van der Waals surface area (Å²) in [6.45, 7) is 0.614. The highest BCUT2D eigenvalue weighted by molar-refractivity contribution is 5.93. The van der Waals surface area contributed by atoms with Gasteiger partial charge in [0.15, 0.2) is 0 Å². The number of nitrogens with zero attached hydrogens (tertiary/aromatic N) is 3. The van der Waals surface area contributed by atoms with Crippen LogP contribution in [0.2, 0.25) is 0 Å². The molecule has 0 bridgehead atoms. The van der Waals surface area contributed by atoms with Crippen LogP contribution in [-0.4, -0.2) is 31.9 Å². The number of rotatable bonds is 2. The number of carbonyl (C=O) groups is 1. The lowest BCUT2D eigenvalue weighted by Crippen LogP contribution is -2.45. The van der Waals surface area contributed by atoms with Gasteiger partial charge >= 0.3 is 0 Å². The molecule has 1 atom stereocenters. The van der Waals surface area contributed by atoms with Crippen LogP contribution in [0.4, 0.5) is 5.95 Å². The lowest BCUT2D eigenvalue weighted by molar-refractivity contribution is -0.118. The normalized spacial score (nSPS) is 18.1. The van der Waals surface area contributed by atoms with Crippen molar-refractivity contribution in [3.63, 3.8) is 0 Å². The van der Waals surface area contributed by atoms with Gasteiger partial charge in [0, 0.05) is 25.4 Å². The first-order chi connectivity index (χ1) is 8.83. The first kappa shape index (κ1) is 10.8. The van der Waals surface area contributed by atoms with E-state index in [9.17, 15) is 4.79 Å². The van der Waals surface area contributed by atoms with Crippen LogP contribution in [0, 0.1) is 0 Å². The number of hydrogen-bond donors (Lipinski definition) is 3. The lowest BCUT2D eigenvalue weighted by Gasteiger charge is -2.21. The second-order valence-corrected chi connectivity index (χ2v) is 4.03. The molecule has 18 heavy (non-hydrogen) atoms. The number of amides is 1. The maximum absolute atomic E-state index is 12.0. The molecule has 0 radical (unpaired) electrons. The van der Waals surface area contributed by atoms with Crippen molar-refractivity contribution < 1.29 is 4.79 Å². The van der Waals surface area contributed by atoms with Crippen molar-refractivity contribution in [2.75, 3.05) is 5.32 Å². The van der Waals surface area contributed by atoms with Crippen LogP contribution in [0.1, 0.15) is 11.4 Å². The third-order valence-corrected chi connectivity index (χ3v) is 2.85. The Bertz CT molecular complexity index is 552. The molecule has 7 nitrogen and oxygen atoms in total. The van der Waals surface area contributed by atoms with Crippen molar-refractivity contribution in [1.82, 2.24) is 25.3 Å².